The van der Waals surface area contributed by atoms with Gasteiger partial charge in [-0.3, -0.25) is 4.79 Å². The van der Waals surface area contributed by atoms with Crippen LogP contribution in [0, 0.1) is 0 Å². The summed E-state index contributed by atoms with van der Waals surface area (Å²) in [5.74, 6) is 2.24. The van der Waals surface area contributed by atoms with Gasteiger partial charge in [-0.1, -0.05) is 6.42 Å². The van der Waals surface area contributed by atoms with E-state index in [-0.39, 0.29) is 11.9 Å². The van der Waals surface area contributed by atoms with Crippen LogP contribution in [-0.4, -0.2) is 21.9 Å². The van der Waals surface area contributed by atoms with E-state index in [4.69, 9.17) is 4.74 Å². The molecule has 3 rings (SSSR count). The number of H-pyrrole nitrogens is 1. The van der Waals surface area contributed by atoms with Crippen LogP contribution < -0.4 is 0 Å². The molecule has 1 unspecified atom stereocenters. The van der Waals surface area contributed by atoms with E-state index in [1.54, 1.807) is 19.2 Å². The van der Waals surface area contributed by atoms with Gasteiger partial charge in [-0.2, -0.15) is 0 Å². The molecule has 2 aliphatic rings. The van der Waals surface area contributed by atoms with Crippen molar-refractivity contribution in [3.8, 4) is 0 Å². The van der Waals surface area contributed by atoms with Gasteiger partial charge >= 0.3 is 0 Å². The SMILES string of the molecule is CC1OC(c2cnc(C3CCC3)[nH]2)=CC1=O. The normalized spacial score (nSPS) is 25.2. The number of ether oxygens (including phenoxy) is 1. The van der Waals surface area contributed by atoms with E-state index in [1.807, 2.05) is 0 Å². The van der Waals surface area contributed by atoms with Crippen molar-refractivity contribution in [3.05, 3.63) is 23.8 Å². The van der Waals surface area contributed by atoms with Gasteiger partial charge in [0, 0.05) is 12.0 Å². The molecule has 4 nitrogen and oxygen atoms in total. The standard InChI is InChI=1S/C12H14N2O2/c1-7-10(15)5-11(16-7)9-6-13-12(14-9)8-3-2-4-8/h5-8H,2-4H2,1H3,(H,13,14). The Morgan fingerprint density at radius 1 is 1.50 bits per heavy atom. The lowest BCUT2D eigenvalue weighted by atomic mass is 9.85. The summed E-state index contributed by atoms with van der Waals surface area (Å²) < 4.78 is 5.44. The summed E-state index contributed by atoms with van der Waals surface area (Å²) in [4.78, 5) is 18.9. The largest absolute Gasteiger partial charge is 0.480 e. The van der Waals surface area contributed by atoms with Crippen molar-refractivity contribution in [2.24, 2.45) is 0 Å². The van der Waals surface area contributed by atoms with Crippen LogP contribution in [0.1, 0.15) is 43.6 Å². The number of imidazole rings is 1. The first-order chi connectivity index (χ1) is 7.74. The van der Waals surface area contributed by atoms with Gasteiger partial charge in [0.25, 0.3) is 0 Å². The number of ketones is 1. The van der Waals surface area contributed by atoms with Crippen molar-refractivity contribution in [1.82, 2.24) is 9.97 Å². The Hall–Kier alpha value is -1.58. The van der Waals surface area contributed by atoms with Crippen molar-refractivity contribution in [2.75, 3.05) is 0 Å². The highest BCUT2D eigenvalue weighted by Gasteiger charge is 2.26. The minimum atomic E-state index is -0.356. The molecule has 1 saturated carbocycles. The molecule has 1 N–H and O–H groups in total. The predicted octanol–water partition coefficient (Wildman–Crippen LogP) is 2.01. The van der Waals surface area contributed by atoms with E-state index in [0.717, 1.165) is 11.5 Å². The van der Waals surface area contributed by atoms with Gasteiger partial charge in [-0.05, 0) is 19.8 Å². The molecular weight excluding hydrogens is 204 g/mol. The molecule has 1 aliphatic carbocycles. The molecule has 0 aromatic carbocycles. The van der Waals surface area contributed by atoms with Crippen molar-refractivity contribution >= 4 is 11.5 Å². The highest BCUT2D eigenvalue weighted by molar-refractivity contribution is 6.01. The molecule has 1 fully saturated rings. The maximum absolute atomic E-state index is 11.3. The number of rotatable bonds is 2. The summed E-state index contributed by atoms with van der Waals surface area (Å²) in [5, 5.41) is 0. The third kappa shape index (κ3) is 1.45. The van der Waals surface area contributed by atoms with Gasteiger partial charge in [-0.15, -0.1) is 0 Å². The molecule has 1 aromatic heterocycles. The van der Waals surface area contributed by atoms with Gasteiger partial charge in [0.2, 0.25) is 0 Å². The number of hydrogen-bond donors (Lipinski definition) is 1. The molecule has 1 aliphatic heterocycles. The topological polar surface area (TPSA) is 55.0 Å². The Balaban J connectivity index is 1.82. The van der Waals surface area contributed by atoms with Crippen LogP contribution in [0.3, 0.4) is 0 Å². The molecule has 1 aromatic rings. The molecule has 16 heavy (non-hydrogen) atoms. The fourth-order valence-electron chi connectivity index (χ4n) is 2.02. The fourth-order valence-corrected chi connectivity index (χ4v) is 2.02. The first-order valence-electron chi connectivity index (χ1n) is 5.71. The Morgan fingerprint density at radius 2 is 2.31 bits per heavy atom. The lowest BCUT2D eigenvalue weighted by Crippen LogP contribution is -2.10. The minimum Gasteiger partial charge on any atom is -0.480 e. The third-order valence-electron chi connectivity index (χ3n) is 3.33. The van der Waals surface area contributed by atoms with Gasteiger partial charge in [0.1, 0.15) is 17.3 Å². The van der Waals surface area contributed by atoms with Crippen LogP contribution in [0.2, 0.25) is 0 Å². The van der Waals surface area contributed by atoms with Crippen LogP contribution in [0.15, 0.2) is 12.3 Å². The van der Waals surface area contributed by atoms with Crippen LogP contribution in [0.5, 0.6) is 0 Å². The summed E-state index contributed by atoms with van der Waals surface area (Å²) >= 11 is 0. The summed E-state index contributed by atoms with van der Waals surface area (Å²) in [7, 11) is 0. The molecule has 2 heterocycles. The predicted molar refractivity (Wildman–Crippen MR) is 58.7 cm³/mol. The molecule has 0 saturated heterocycles. The second-order valence-corrected chi connectivity index (χ2v) is 4.48. The second-order valence-electron chi connectivity index (χ2n) is 4.48. The highest BCUT2D eigenvalue weighted by atomic mass is 16.5. The number of nitrogens with one attached hydrogen (secondary N) is 1. The van der Waals surface area contributed by atoms with Gasteiger partial charge < -0.3 is 9.72 Å². The summed E-state index contributed by atoms with van der Waals surface area (Å²) in [6.45, 7) is 1.76. The van der Waals surface area contributed by atoms with E-state index in [9.17, 15) is 4.79 Å². The molecule has 0 radical (unpaired) electrons. The zero-order valence-corrected chi connectivity index (χ0v) is 9.19. The molecule has 0 amide bonds. The summed E-state index contributed by atoms with van der Waals surface area (Å²) in [5.41, 5.74) is 0.819. The lowest BCUT2D eigenvalue weighted by molar-refractivity contribution is -0.119. The number of nitrogens with zero attached hydrogens (tertiary/aromatic N) is 1. The second kappa shape index (κ2) is 3.47. The fraction of sp³-hybridized carbons (Fsp3) is 0.500. The van der Waals surface area contributed by atoms with Crippen LogP contribution in [0.25, 0.3) is 5.76 Å². The Labute approximate surface area is 93.7 Å². The average molecular weight is 218 g/mol. The van der Waals surface area contributed by atoms with Crippen LogP contribution in [0.4, 0.5) is 0 Å². The first-order valence-corrected chi connectivity index (χ1v) is 5.71. The lowest BCUT2D eigenvalue weighted by Gasteiger charge is -2.22. The van der Waals surface area contributed by atoms with Gasteiger partial charge in [0.05, 0.1) is 6.20 Å². The maximum atomic E-state index is 11.3. The van der Waals surface area contributed by atoms with E-state index in [0.29, 0.717) is 11.7 Å². The third-order valence-corrected chi connectivity index (χ3v) is 3.33. The zero-order valence-electron chi connectivity index (χ0n) is 9.19. The van der Waals surface area contributed by atoms with Crippen molar-refractivity contribution in [3.63, 3.8) is 0 Å². The number of aromatic amines is 1. The molecule has 1 atom stereocenters. The van der Waals surface area contributed by atoms with Crippen LogP contribution in [-0.2, 0) is 9.53 Å². The van der Waals surface area contributed by atoms with E-state index in [2.05, 4.69) is 9.97 Å². The average Bonchev–Trinajstić information content (AvgIpc) is 2.73. The van der Waals surface area contributed by atoms with Crippen molar-refractivity contribution in [1.29, 1.82) is 0 Å². The number of hydrogen-bond acceptors (Lipinski definition) is 3. The zero-order chi connectivity index (χ0) is 11.1. The molecular formula is C12H14N2O2. The van der Waals surface area contributed by atoms with Crippen molar-refractivity contribution < 1.29 is 9.53 Å². The highest BCUT2D eigenvalue weighted by Crippen LogP contribution is 2.35. The van der Waals surface area contributed by atoms with Crippen molar-refractivity contribution in [2.45, 2.75) is 38.2 Å². The molecule has 4 heteroatoms. The minimum absolute atomic E-state index is 0.0230. The monoisotopic (exact) mass is 218 g/mol. The van der Waals surface area contributed by atoms with E-state index in [1.165, 1.54) is 19.3 Å². The van der Waals surface area contributed by atoms with Gasteiger partial charge in [-0.25, -0.2) is 4.98 Å². The smallest absolute Gasteiger partial charge is 0.199 e. The van der Waals surface area contributed by atoms with E-state index < -0.39 is 0 Å². The summed E-state index contributed by atoms with van der Waals surface area (Å²) in [6, 6.07) is 0. The number of aromatic nitrogens is 2. The van der Waals surface area contributed by atoms with E-state index >= 15 is 0 Å². The number of carbonyl (C=O) groups is 1. The molecule has 0 spiro atoms. The van der Waals surface area contributed by atoms with Crippen LogP contribution >= 0.6 is 0 Å². The quantitative estimate of drug-likeness (QED) is 0.826. The van der Waals surface area contributed by atoms with Gasteiger partial charge in [0.15, 0.2) is 11.9 Å². The number of carbonyl (C=O) groups excluding carboxylic acids is 1. The molecule has 0 bridgehead atoms. The summed E-state index contributed by atoms with van der Waals surface area (Å²) in [6.07, 6.45) is 6.65. The maximum Gasteiger partial charge on any atom is 0.199 e. The Bertz CT molecular complexity index is 457. The first kappa shape index (κ1) is 9.63. The Kier molecular flexibility index (Phi) is 2.09. The Morgan fingerprint density at radius 3 is 2.88 bits per heavy atom. The molecule has 84 valence electrons.